The van der Waals surface area contributed by atoms with Gasteiger partial charge in [-0.05, 0) is 58.8 Å². The molecule has 2 N–H and O–H groups in total. The van der Waals surface area contributed by atoms with E-state index in [-0.39, 0.29) is 16.8 Å². The molecular weight excluding hydrogens is 370 g/mol. The van der Waals surface area contributed by atoms with Gasteiger partial charge in [-0.15, -0.1) is 0 Å². The van der Waals surface area contributed by atoms with Crippen LogP contribution in [0.1, 0.15) is 33.6 Å². The van der Waals surface area contributed by atoms with E-state index in [0.717, 1.165) is 17.4 Å². The Morgan fingerprint density at radius 1 is 1.36 bits per heavy atom. The number of halogens is 1. The smallest absolute Gasteiger partial charge is 0.360 e. The Morgan fingerprint density at radius 2 is 1.96 bits per heavy atom. The van der Waals surface area contributed by atoms with Crippen LogP contribution in [-0.4, -0.2) is 49.2 Å². The van der Waals surface area contributed by atoms with Crippen molar-refractivity contribution < 1.29 is 22.5 Å². The summed E-state index contributed by atoms with van der Waals surface area (Å²) in [6.07, 6.45) is 2.63. The predicted molar refractivity (Wildman–Crippen MR) is 96.1 cm³/mol. The number of hydrogen-bond donors (Lipinski definition) is 2. The van der Waals surface area contributed by atoms with Crippen LogP contribution in [0.25, 0.3) is 0 Å². The molecule has 0 amide bonds. The number of carbonyl (C=O) groups excluding carboxylic acids is 1. The zero-order chi connectivity index (χ0) is 19.1. The van der Waals surface area contributed by atoms with E-state index in [1.807, 2.05) is 20.8 Å². The summed E-state index contributed by atoms with van der Waals surface area (Å²) in [5.74, 6) is 0. The van der Waals surface area contributed by atoms with Crippen LogP contribution in [0.15, 0.2) is 18.3 Å². The Morgan fingerprint density at radius 3 is 2.32 bits per heavy atom. The van der Waals surface area contributed by atoms with Crippen molar-refractivity contribution in [1.29, 1.82) is 0 Å². The Bertz CT molecular complexity index is 640. The van der Waals surface area contributed by atoms with Crippen LogP contribution < -0.4 is 9.62 Å². The van der Waals surface area contributed by atoms with Crippen molar-refractivity contribution in [3.05, 3.63) is 23.5 Å². The molecule has 0 aliphatic carbocycles. The minimum atomic E-state index is -4.31. The molecule has 2 rings (SSSR count). The summed E-state index contributed by atoms with van der Waals surface area (Å²) < 4.78 is 38.0. The molecule has 0 atom stereocenters. The number of anilines is 1. The Hall–Kier alpha value is -1.42. The predicted octanol–water partition coefficient (Wildman–Crippen LogP) is 2.05. The monoisotopic (exact) mass is 393 g/mol. The molecule has 0 unspecified atom stereocenters. The van der Waals surface area contributed by atoms with Crippen LogP contribution in [0.2, 0.25) is 5.15 Å². The van der Waals surface area contributed by atoms with Crippen LogP contribution in [0.3, 0.4) is 0 Å². The van der Waals surface area contributed by atoms with E-state index < -0.39 is 10.3 Å². The molecule has 1 fully saturated rings. The SMILES string of the molecule is CC(C)(C)OC=O.O=S(=O)(O)N(c1ccc(Cl)nc1)C1CCNCC1. The summed E-state index contributed by atoms with van der Waals surface area (Å²) in [6.45, 7) is 7.36. The molecule has 1 aromatic rings. The molecule has 1 aliphatic heterocycles. The lowest BCUT2D eigenvalue weighted by Gasteiger charge is -2.32. The normalized spacial score (nSPS) is 15.7. The molecule has 0 bridgehead atoms. The minimum Gasteiger partial charge on any atom is -0.462 e. The zero-order valence-corrected chi connectivity index (χ0v) is 16.0. The van der Waals surface area contributed by atoms with Gasteiger partial charge in [0.1, 0.15) is 10.8 Å². The van der Waals surface area contributed by atoms with Gasteiger partial charge in [0.25, 0.3) is 6.47 Å². The number of nitrogens with zero attached hydrogens (tertiary/aromatic N) is 2. The molecule has 0 radical (unpaired) electrons. The van der Waals surface area contributed by atoms with E-state index >= 15 is 0 Å². The second-order valence-electron chi connectivity index (χ2n) is 6.42. The third-order valence-electron chi connectivity index (χ3n) is 3.26. The van der Waals surface area contributed by atoms with Crippen molar-refractivity contribution in [2.45, 2.75) is 45.3 Å². The summed E-state index contributed by atoms with van der Waals surface area (Å²) in [5.41, 5.74) is 0.00988. The topological polar surface area (TPSA) is 109 Å². The van der Waals surface area contributed by atoms with Gasteiger partial charge in [0.05, 0.1) is 11.9 Å². The van der Waals surface area contributed by atoms with Crippen LogP contribution in [0.4, 0.5) is 5.69 Å². The fourth-order valence-electron chi connectivity index (χ4n) is 2.22. The molecule has 2 heterocycles. The molecule has 10 heteroatoms. The lowest BCUT2D eigenvalue weighted by Crippen LogP contribution is -2.46. The van der Waals surface area contributed by atoms with Crippen LogP contribution in [0.5, 0.6) is 0 Å². The summed E-state index contributed by atoms with van der Waals surface area (Å²) in [5, 5.41) is 3.42. The van der Waals surface area contributed by atoms with Crippen LogP contribution in [-0.2, 0) is 19.8 Å². The quantitative estimate of drug-likeness (QED) is 0.457. The number of rotatable bonds is 4. The fraction of sp³-hybridized carbons (Fsp3) is 0.600. The Labute approximate surface area is 153 Å². The van der Waals surface area contributed by atoms with Crippen molar-refractivity contribution in [1.82, 2.24) is 10.3 Å². The third-order valence-corrected chi connectivity index (χ3v) is 4.49. The fourth-order valence-corrected chi connectivity index (χ4v) is 3.29. The van der Waals surface area contributed by atoms with E-state index in [0.29, 0.717) is 25.0 Å². The van der Waals surface area contributed by atoms with Crippen LogP contribution in [0, 0.1) is 0 Å². The lowest BCUT2D eigenvalue weighted by molar-refractivity contribution is -0.138. The van der Waals surface area contributed by atoms with E-state index in [4.69, 9.17) is 11.6 Å². The van der Waals surface area contributed by atoms with E-state index in [1.54, 1.807) is 0 Å². The molecule has 1 aliphatic rings. The lowest BCUT2D eigenvalue weighted by atomic mass is 10.1. The number of hydrogen-bond acceptors (Lipinski definition) is 6. The highest BCUT2D eigenvalue weighted by atomic mass is 35.5. The Balaban J connectivity index is 0.000000381. The van der Waals surface area contributed by atoms with Gasteiger partial charge < -0.3 is 10.1 Å². The summed E-state index contributed by atoms with van der Waals surface area (Å²) >= 11 is 5.66. The number of aromatic nitrogens is 1. The number of pyridine rings is 1. The standard InChI is InChI=1S/C10H14ClN3O3S.C5H10O2/c11-10-2-1-9(7-13-10)14(18(15,16)17)8-3-5-12-6-4-8;1-5(2,3)7-4-6/h1-2,7-8,12H,3-6H2,(H,15,16,17);4H,1-3H3. The maximum atomic E-state index is 11.5. The summed E-state index contributed by atoms with van der Waals surface area (Å²) in [4.78, 5) is 13.4. The van der Waals surface area contributed by atoms with E-state index in [9.17, 15) is 17.8 Å². The molecule has 1 saturated heterocycles. The molecule has 0 aromatic carbocycles. The highest BCUT2D eigenvalue weighted by Crippen LogP contribution is 2.24. The molecule has 142 valence electrons. The van der Waals surface area contributed by atoms with Gasteiger partial charge in [0.15, 0.2) is 0 Å². The second-order valence-corrected chi connectivity index (χ2v) is 8.10. The summed E-state index contributed by atoms with van der Waals surface area (Å²) in [6, 6.07) is 2.77. The number of carbonyl (C=O) groups is 1. The van der Waals surface area contributed by atoms with E-state index in [2.05, 4.69) is 15.0 Å². The maximum absolute atomic E-state index is 11.5. The van der Waals surface area contributed by atoms with Gasteiger partial charge >= 0.3 is 10.3 Å². The number of ether oxygens (including phenoxy) is 1. The van der Waals surface area contributed by atoms with Crippen LogP contribution >= 0.6 is 11.6 Å². The van der Waals surface area contributed by atoms with Gasteiger partial charge in [-0.1, -0.05) is 11.6 Å². The third kappa shape index (κ3) is 8.00. The first-order valence-corrected chi connectivity index (χ1v) is 9.52. The van der Waals surface area contributed by atoms with Crippen molar-refractivity contribution in [3.63, 3.8) is 0 Å². The zero-order valence-electron chi connectivity index (χ0n) is 14.5. The first kappa shape index (κ1) is 21.6. The molecular formula is C15H24ClN3O5S. The van der Waals surface area contributed by atoms with Gasteiger partial charge in [-0.25, -0.2) is 9.29 Å². The molecule has 0 spiro atoms. The second kappa shape index (κ2) is 9.33. The van der Waals surface area contributed by atoms with Crippen molar-refractivity contribution in [2.75, 3.05) is 17.4 Å². The number of nitrogens with one attached hydrogen (secondary N) is 1. The van der Waals surface area contributed by atoms with Gasteiger partial charge in [-0.2, -0.15) is 8.42 Å². The molecule has 25 heavy (non-hydrogen) atoms. The van der Waals surface area contributed by atoms with Gasteiger partial charge in [0, 0.05) is 6.04 Å². The molecule has 1 aromatic heterocycles. The maximum Gasteiger partial charge on any atom is 0.360 e. The average molecular weight is 394 g/mol. The van der Waals surface area contributed by atoms with Gasteiger partial charge in [0.2, 0.25) is 0 Å². The van der Waals surface area contributed by atoms with Crippen molar-refractivity contribution in [3.8, 4) is 0 Å². The summed E-state index contributed by atoms with van der Waals surface area (Å²) in [7, 11) is -4.31. The molecule has 0 saturated carbocycles. The average Bonchev–Trinajstić information content (AvgIpc) is 2.49. The van der Waals surface area contributed by atoms with E-state index in [1.165, 1.54) is 18.3 Å². The molecule has 8 nitrogen and oxygen atoms in total. The highest BCUT2D eigenvalue weighted by molar-refractivity contribution is 7.87. The van der Waals surface area contributed by atoms with Gasteiger partial charge in [-0.3, -0.25) is 9.35 Å². The van der Waals surface area contributed by atoms with Crippen molar-refractivity contribution >= 4 is 34.1 Å². The Kier molecular flexibility index (Phi) is 8.07. The largest absolute Gasteiger partial charge is 0.462 e. The first-order chi connectivity index (χ1) is 11.5. The highest BCUT2D eigenvalue weighted by Gasteiger charge is 2.30. The van der Waals surface area contributed by atoms with Crippen molar-refractivity contribution in [2.24, 2.45) is 0 Å². The minimum absolute atomic E-state index is 0.260. The first-order valence-electron chi connectivity index (χ1n) is 7.75. The number of piperidine rings is 1.